The summed E-state index contributed by atoms with van der Waals surface area (Å²) in [7, 11) is 1.97. The number of aryl methyl sites for hydroxylation is 1. The molecule has 1 fully saturated rings. The molecule has 0 spiro atoms. The molecular formula is C12H19NO2. The first kappa shape index (κ1) is 10.7. The van der Waals surface area contributed by atoms with Gasteiger partial charge in [-0.3, -0.25) is 0 Å². The van der Waals surface area contributed by atoms with Crippen LogP contribution in [0.3, 0.4) is 0 Å². The quantitative estimate of drug-likeness (QED) is 0.827. The van der Waals surface area contributed by atoms with Crippen LogP contribution in [0.1, 0.15) is 36.8 Å². The van der Waals surface area contributed by atoms with Gasteiger partial charge in [0.15, 0.2) is 0 Å². The van der Waals surface area contributed by atoms with Crippen molar-refractivity contribution in [3.8, 4) is 0 Å². The van der Waals surface area contributed by atoms with E-state index in [1.54, 1.807) is 0 Å². The van der Waals surface area contributed by atoms with Crippen molar-refractivity contribution < 1.29 is 9.15 Å². The second kappa shape index (κ2) is 4.81. The van der Waals surface area contributed by atoms with Crippen molar-refractivity contribution in [2.24, 2.45) is 0 Å². The molecule has 1 aromatic heterocycles. The molecule has 2 heterocycles. The average molecular weight is 209 g/mol. The third kappa shape index (κ3) is 2.61. The molecule has 1 saturated heterocycles. The van der Waals surface area contributed by atoms with Gasteiger partial charge in [-0.05, 0) is 45.4 Å². The summed E-state index contributed by atoms with van der Waals surface area (Å²) in [6.07, 6.45) is 3.77. The summed E-state index contributed by atoms with van der Waals surface area (Å²) in [5, 5.41) is 3.28. The normalized spacial score (nSPS) is 23.2. The van der Waals surface area contributed by atoms with Crippen molar-refractivity contribution in [2.45, 2.75) is 38.3 Å². The number of furan rings is 1. The Kier molecular flexibility index (Phi) is 3.44. The zero-order chi connectivity index (χ0) is 10.7. The third-order valence-electron chi connectivity index (χ3n) is 2.98. The summed E-state index contributed by atoms with van der Waals surface area (Å²) in [5.74, 6) is 1.99. The minimum Gasteiger partial charge on any atom is -0.465 e. The Bertz CT molecular complexity index is 302. The second-order valence-electron chi connectivity index (χ2n) is 4.16. The predicted molar refractivity (Wildman–Crippen MR) is 58.8 cm³/mol. The van der Waals surface area contributed by atoms with Gasteiger partial charge in [-0.1, -0.05) is 0 Å². The summed E-state index contributed by atoms with van der Waals surface area (Å²) in [6.45, 7) is 2.89. The highest BCUT2D eigenvalue weighted by molar-refractivity contribution is 5.09. The van der Waals surface area contributed by atoms with E-state index in [0.717, 1.165) is 24.5 Å². The fraction of sp³-hybridized carbons (Fsp3) is 0.667. The standard InChI is InChI=1S/C12H19NO2/c1-9-5-6-12(15-9)11(13-2)8-10-4-3-7-14-10/h5-6,10-11,13H,3-4,7-8H2,1-2H3. The highest BCUT2D eigenvalue weighted by Crippen LogP contribution is 2.25. The van der Waals surface area contributed by atoms with E-state index in [2.05, 4.69) is 5.32 Å². The predicted octanol–water partition coefficient (Wildman–Crippen LogP) is 2.42. The van der Waals surface area contributed by atoms with E-state index < -0.39 is 0 Å². The molecule has 2 rings (SSSR count). The average Bonchev–Trinajstić information content (AvgIpc) is 2.85. The SMILES string of the molecule is CNC(CC1CCCO1)c1ccc(C)o1. The number of nitrogens with one attached hydrogen (secondary N) is 1. The Morgan fingerprint density at radius 3 is 2.93 bits per heavy atom. The molecule has 0 bridgehead atoms. The Morgan fingerprint density at radius 1 is 1.53 bits per heavy atom. The summed E-state index contributed by atoms with van der Waals surface area (Å²) in [6, 6.07) is 4.34. The summed E-state index contributed by atoms with van der Waals surface area (Å²) >= 11 is 0. The van der Waals surface area contributed by atoms with Crippen LogP contribution in [0.25, 0.3) is 0 Å². The molecule has 0 amide bonds. The van der Waals surface area contributed by atoms with E-state index in [4.69, 9.17) is 9.15 Å². The fourth-order valence-electron chi connectivity index (χ4n) is 2.11. The fourth-order valence-corrected chi connectivity index (χ4v) is 2.11. The van der Waals surface area contributed by atoms with Crippen molar-refractivity contribution in [1.29, 1.82) is 0 Å². The molecule has 15 heavy (non-hydrogen) atoms. The topological polar surface area (TPSA) is 34.4 Å². The minimum absolute atomic E-state index is 0.279. The number of rotatable bonds is 4. The lowest BCUT2D eigenvalue weighted by atomic mass is 10.1. The van der Waals surface area contributed by atoms with Crippen LogP contribution in [-0.4, -0.2) is 19.8 Å². The second-order valence-corrected chi connectivity index (χ2v) is 4.16. The molecule has 0 radical (unpaired) electrons. The van der Waals surface area contributed by atoms with Gasteiger partial charge in [-0.15, -0.1) is 0 Å². The van der Waals surface area contributed by atoms with Crippen molar-refractivity contribution in [2.75, 3.05) is 13.7 Å². The molecule has 0 aliphatic carbocycles. The van der Waals surface area contributed by atoms with Gasteiger partial charge < -0.3 is 14.5 Å². The first-order valence-corrected chi connectivity index (χ1v) is 5.65. The van der Waals surface area contributed by atoms with Crippen LogP contribution in [0.2, 0.25) is 0 Å². The van der Waals surface area contributed by atoms with Gasteiger partial charge in [-0.2, -0.15) is 0 Å². The lowest BCUT2D eigenvalue weighted by molar-refractivity contribution is 0.0928. The summed E-state index contributed by atoms with van der Waals surface area (Å²) in [5.41, 5.74) is 0. The van der Waals surface area contributed by atoms with Crippen LogP contribution in [0.5, 0.6) is 0 Å². The first-order chi connectivity index (χ1) is 7.29. The van der Waals surface area contributed by atoms with Crippen LogP contribution in [0.4, 0.5) is 0 Å². The maximum Gasteiger partial charge on any atom is 0.121 e. The Labute approximate surface area is 90.8 Å². The van der Waals surface area contributed by atoms with E-state index in [1.807, 2.05) is 26.1 Å². The van der Waals surface area contributed by atoms with E-state index in [1.165, 1.54) is 12.8 Å². The molecule has 0 aromatic carbocycles. The summed E-state index contributed by atoms with van der Waals surface area (Å²) in [4.78, 5) is 0. The van der Waals surface area contributed by atoms with E-state index in [9.17, 15) is 0 Å². The van der Waals surface area contributed by atoms with Gasteiger partial charge in [0.2, 0.25) is 0 Å². The van der Waals surface area contributed by atoms with Gasteiger partial charge in [-0.25, -0.2) is 0 Å². The molecule has 1 aliphatic heterocycles. The maximum atomic E-state index is 5.63. The van der Waals surface area contributed by atoms with Gasteiger partial charge >= 0.3 is 0 Å². The van der Waals surface area contributed by atoms with Crippen LogP contribution in [0.15, 0.2) is 16.5 Å². The molecule has 3 heteroatoms. The maximum absolute atomic E-state index is 5.63. The lowest BCUT2D eigenvalue weighted by Gasteiger charge is -2.17. The smallest absolute Gasteiger partial charge is 0.121 e. The zero-order valence-corrected chi connectivity index (χ0v) is 9.45. The molecule has 1 N–H and O–H groups in total. The van der Waals surface area contributed by atoms with Crippen LogP contribution < -0.4 is 5.32 Å². The zero-order valence-electron chi connectivity index (χ0n) is 9.45. The van der Waals surface area contributed by atoms with Gasteiger partial charge in [0.1, 0.15) is 11.5 Å². The van der Waals surface area contributed by atoms with Crippen molar-refractivity contribution in [3.05, 3.63) is 23.7 Å². The molecule has 1 aliphatic rings. The van der Waals surface area contributed by atoms with Crippen molar-refractivity contribution in [1.82, 2.24) is 5.32 Å². The molecule has 1 aromatic rings. The molecule has 84 valence electrons. The van der Waals surface area contributed by atoms with Gasteiger partial charge in [0.05, 0.1) is 12.1 Å². The third-order valence-corrected chi connectivity index (χ3v) is 2.98. The summed E-state index contributed by atoms with van der Waals surface area (Å²) < 4.78 is 11.3. The largest absolute Gasteiger partial charge is 0.465 e. The van der Waals surface area contributed by atoms with E-state index in [0.29, 0.717) is 6.10 Å². The molecule has 2 atom stereocenters. The van der Waals surface area contributed by atoms with Gasteiger partial charge in [0, 0.05) is 6.61 Å². The molecule has 2 unspecified atom stereocenters. The Hall–Kier alpha value is -0.800. The van der Waals surface area contributed by atoms with Crippen LogP contribution in [0, 0.1) is 6.92 Å². The van der Waals surface area contributed by atoms with E-state index >= 15 is 0 Å². The molecule has 3 nitrogen and oxygen atoms in total. The number of ether oxygens (including phenoxy) is 1. The van der Waals surface area contributed by atoms with Crippen LogP contribution in [-0.2, 0) is 4.74 Å². The van der Waals surface area contributed by atoms with Gasteiger partial charge in [0.25, 0.3) is 0 Å². The first-order valence-electron chi connectivity index (χ1n) is 5.65. The molecule has 0 saturated carbocycles. The lowest BCUT2D eigenvalue weighted by Crippen LogP contribution is -2.21. The highest BCUT2D eigenvalue weighted by atomic mass is 16.5. The minimum atomic E-state index is 0.279. The highest BCUT2D eigenvalue weighted by Gasteiger charge is 2.22. The van der Waals surface area contributed by atoms with Crippen molar-refractivity contribution >= 4 is 0 Å². The number of hydrogen-bond acceptors (Lipinski definition) is 3. The monoisotopic (exact) mass is 209 g/mol. The van der Waals surface area contributed by atoms with Crippen LogP contribution >= 0.6 is 0 Å². The number of hydrogen-bond donors (Lipinski definition) is 1. The Morgan fingerprint density at radius 2 is 2.40 bits per heavy atom. The van der Waals surface area contributed by atoms with E-state index in [-0.39, 0.29) is 6.04 Å². The Balaban J connectivity index is 1.97. The van der Waals surface area contributed by atoms with Crippen molar-refractivity contribution in [3.63, 3.8) is 0 Å². The molecular weight excluding hydrogens is 190 g/mol.